The number of Topliss-reactive ketones (excluding diaryl/α,β-unsaturated/α-hetero) is 1. The van der Waals surface area contributed by atoms with Crippen LogP contribution >= 0.6 is 0 Å². The number of carbonyl (C=O) groups excluding carboxylic acids is 2. The summed E-state index contributed by atoms with van der Waals surface area (Å²) < 4.78 is 10.9. The van der Waals surface area contributed by atoms with Crippen LogP contribution in [0.15, 0.2) is 0 Å². The number of hydrogen-bond acceptors (Lipinski definition) is 7. The second-order valence-electron chi connectivity index (χ2n) is 5.46. The van der Waals surface area contributed by atoms with E-state index in [1.54, 1.807) is 0 Å². The molecular weight excluding hydrogens is 294 g/mol. The van der Waals surface area contributed by atoms with E-state index in [0.29, 0.717) is 19.3 Å². The van der Waals surface area contributed by atoms with Gasteiger partial charge in [-0.25, -0.2) is 0 Å². The number of aliphatic hydroxyl groups is 3. The third-order valence-electron chi connectivity index (χ3n) is 3.46. The number of aliphatic hydroxyl groups excluding tert-OH is 3. The topological polar surface area (TPSA) is 125 Å². The largest absolute Gasteiger partial charge is 0.394 e. The van der Waals surface area contributed by atoms with Gasteiger partial charge in [-0.15, -0.1) is 0 Å². The lowest BCUT2D eigenvalue weighted by Crippen LogP contribution is -2.64. The van der Waals surface area contributed by atoms with Crippen LogP contribution in [0.5, 0.6) is 0 Å². The molecule has 1 fully saturated rings. The van der Waals surface area contributed by atoms with Crippen LogP contribution in [-0.4, -0.2) is 70.9 Å². The number of amides is 1. The van der Waals surface area contributed by atoms with E-state index in [0.717, 1.165) is 0 Å². The van der Waals surface area contributed by atoms with Gasteiger partial charge < -0.3 is 34.9 Å². The molecule has 128 valence electrons. The van der Waals surface area contributed by atoms with Crippen molar-refractivity contribution in [2.45, 2.75) is 63.8 Å². The lowest BCUT2D eigenvalue weighted by molar-refractivity contribution is -0.270. The van der Waals surface area contributed by atoms with Crippen LogP contribution in [0, 0.1) is 0 Å². The van der Waals surface area contributed by atoms with Crippen LogP contribution in [-0.2, 0) is 19.1 Å². The van der Waals surface area contributed by atoms with Gasteiger partial charge in [0.15, 0.2) is 6.29 Å². The van der Waals surface area contributed by atoms with Crippen LogP contribution in [0.3, 0.4) is 0 Å². The Morgan fingerprint density at radius 2 is 1.86 bits per heavy atom. The number of ether oxygens (including phenoxy) is 2. The highest BCUT2D eigenvalue weighted by Gasteiger charge is 2.45. The van der Waals surface area contributed by atoms with Crippen LogP contribution in [0.1, 0.15) is 33.1 Å². The molecule has 4 N–H and O–H groups in total. The number of nitrogens with one attached hydrogen (secondary N) is 1. The van der Waals surface area contributed by atoms with E-state index in [1.807, 2.05) is 0 Å². The van der Waals surface area contributed by atoms with Crippen molar-refractivity contribution in [3.8, 4) is 0 Å². The minimum absolute atomic E-state index is 0.101. The SMILES string of the molecule is CC(=O)CCCCO[C@@H]1O[C@H](CO)[C@@H](O)C(O)C1NC(C)=O. The first-order chi connectivity index (χ1) is 10.4. The molecule has 8 nitrogen and oxygen atoms in total. The maximum absolute atomic E-state index is 11.2. The molecule has 1 heterocycles. The van der Waals surface area contributed by atoms with Gasteiger partial charge in [0.1, 0.15) is 30.1 Å². The summed E-state index contributed by atoms with van der Waals surface area (Å²) >= 11 is 0. The van der Waals surface area contributed by atoms with E-state index in [2.05, 4.69) is 5.32 Å². The summed E-state index contributed by atoms with van der Waals surface area (Å²) in [6.07, 6.45) is -2.84. The maximum Gasteiger partial charge on any atom is 0.217 e. The summed E-state index contributed by atoms with van der Waals surface area (Å²) in [6, 6.07) is -0.928. The summed E-state index contributed by atoms with van der Waals surface area (Å²) in [5, 5.41) is 31.5. The van der Waals surface area contributed by atoms with E-state index in [1.165, 1.54) is 13.8 Å². The Balaban J connectivity index is 2.57. The first-order valence-electron chi connectivity index (χ1n) is 7.37. The van der Waals surface area contributed by atoms with Crippen molar-refractivity contribution < 1.29 is 34.4 Å². The van der Waals surface area contributed by atoms with Crippen molar-refractivity contribution in [2.75, 3.05) is 13.2 Å². The standard InChI is InChI=1S/C14H25NO7/c1-8(17)5-3-4-6-21-14-11(15-9(2)18)13(20)12(19)10(7-16)22-14/h10-14,16,19-20H,3-7H2,1-2H3,(H,15,18)/t10-,11?,12-,13?,14-/m1/s1. The highest BCUT2D eigenvalue weighted by atomic mass is 16.7. The van der Waals surface area contributed by atoms with Gasteiger partial charge in [0, 0.05) is 20.0 Å². The predicted octanol–water partition coefficient (Wildman–Crippen LogP) is -1.29. The molecule has 0 spiro atoms. The molecular formula is C14H25NO7. The summed E-state index contributed by atoms with van der Waals surface area (Å²) in [5.41, 5.74) is 0. The summed E-state index contributed by atoms with van der Waals surface area (Å²) in [5.74, 6) is -0.295. The molecule has 5 atom stereocenters. The fourth-order valence-corrected chi connectivity index (χ4v) is 2.29. The van der Waals surface area contributed by atoms with Gasteiger partial charge in [-0.3, -0.25) is 4.79 Å². The Morgan fingerprint density at radius 3 is 2.41 bits per heavy atom. The minimum Gasteiger partial charge on any atom is -0.394 e. The minimum atomic E-state index is -1.32. The molecule has 0 aromatic carbocycles. The highest BCUT2D eigenvalue weighted by molar-refractivity contribution is 5.75. The van der Waals surface area contributed by atoms with Crippen molar-refractivity contribution in [1.29, 1.82) is 0 Å². The average Bonchev–Trinajstić information content (AvgIpc) is 2.45. The molecule has 0 aromatic rings. The smallest absolute Gasteiger partial charge is 0.217 e. The third-order valence-corrected chi connectivity index (χ3v) is 3.46. The van der Waals surface area contributed by atoms with E-state index in [4.69, 9.17) is 14.6 Å². The van der Waals surface area contributed by atoms with Gasteiger partial charge in [-0.1, -0.05) is 0 Å². The van der Waals surface area contributed by atoms with Gasteiger partial charge in [0.2, 0.25) is 5.91 Å². The van der Waals surface area contributed by atoms with Crippen LogP contribution in [0.2, 0.25) is 0 Å². The molecule has 2 unspecified atom stereocenters. The van der Waals surface area contributed by atoms with Crippen molar-refractivity contribution in [3.63, 3.8) is 0 Å². The van der Waals surface area contributed by atoms with Crippen molar-refractivity contribution in [2.24, 2.45) is 0 Å². The number of unbranched alkanes of at least 4 members (excludes halogenated alkanes) is 1. The first-order valence-corrected chi connectivity index (χ1v) is 7.37. The van der Waals surface area contributed by atoms with Crippen LogP contribution in [0.25, 0.3) is 0 Å². The Labute approximate surface area is 129 Å². The fourth-order valence-electron chi connectivity index (χ4n) is 2.29. The zero-order chi connectivity index (χ0) is 16.7. The summed E-state index contributed by atoms with van der Waals surface area (Å²) in [4.78, 5) is 22.1. The molecule has 0 bridgehead atoms. The van der Waals surface area contributed by atoms with E-state index in [9.17, 15) is 19.8 Å². The summed E-state index contributed by atoms with van der Waals surface area (Å²) in [6.45, 7) is 2.59. The first kappa shape index (κ1) is 19.0. The Kier molecular flexibility index (Phi) is 7.91. The number of rotatable bonds is 8. The Bertz CT molecular complexity index is 376. The Hall–Kier alpha value is -1.06. The molecule has 1 aliphatic heterocycles. The van der Waals surface area contributed by atoms with Crippen molar-refractivity contribution in [3.05, 3.63) is 0 Å². The Morgan fingerprint density at radius 1 is 1.18 bits per heavy atom. The van der Waals surface area contributed by atoms with Crippen molar-refractivity contribution >= 4 is 11.7 Å². The van der Waals surface area contributed by atoms with Crippen LogP contribution < -0.4 is 5.32 Å². The molecule has 22 heavy (non-hydrogen) atoms. The molecule has 8 heteroatoms. The molecule has 0 saturated carbocycles. The van der Waals surface area contributed by atoms with Gasteiger partial charge in [0.05, 0.1) is 6.61 Å². The number of ketones is 1. The second-order valence-corrected chi connectivity index (χ2v) is 5.46. The zero-order valence-electron chi connectivity index (χ0n) is 12.9. The zero-order valence-corrected chi connectivity index (χ0v) is 12.9. The molecule has 0 aromatic heterocycles. The normalized spacial score (nSPS) is 31.8. The van der Waals surface area contributed by atoms with E-state index >= 15 is 0 Å². The highest BCUT2D eigenvalue weighted by Crippen LogP contribution is 2.22. The van der Waals surface area contributed by atoms with Gasteiger partial charge in [0.25, 0.3) is 0 Å². The number of hydrogen-bond donors (Lipinski definition) is 4. The molecule has 1 saturated heterocycles. The molecule has 1 aliphatic rings. The molecule has 0 aliphatic carbocycles. The maximum atomic E-state index is 11.2. The molecule has 1 rings (SSSR count). The quantitative estimate of drug-likeness (QED) is 0.410. The third kappa shape index (κ3) is 5.62. The lowest BCUT2D eigenvalue weighted by atomic mass is 9.97. The van der Waals surface area contributed by atoms with E-state index < -0.39 is 43.2 Å². The van der Waals surface area contributed by atoms with Crippen LogP contribution in [0.4, 0.5) is 0 Å². The number of carbonyl (C=O) groups is 2. The monoisotopic (exact) mass is 319 g/mol. The molecule has 0 radical (unpaired) electrons. The molecule has 1 amide bonds. The second kappa shape index (κ2) is 9.16. The fraction of sp³-hybridized carbons (Fsp3) is 0.857. The summed E-state index contributed by atoms with van der Waals surface area (Å²) in [7, 11) is 0. The average molecular weight is 319 g/mol. The van der Waals surface area contributed by atoms with Gasteiger partial charge in [-0.2, -0.15) is 0 Å². The van der Waals surface area contributed by atoms with Crippen molar-refractivity contribution in [1.82, 2.24) is 5.32 Å². The van der Waals surface area contributed by atoms with Gasteiger partial charge >= 0.3 is 0 Å². The van der Waals surface area contributed by atoms with Gasteiger partial charge in [-0.05, 0) is 19.8 Å². The predicted molar refractivity (Wildman–Crippen MR) is 75.8 cm³/mol. The van der Waals surface area contributed by atoms with E-state index in [-0.39, 0.29) is 12.4 Å². The lowest BCUT2D eigenvalue weighted by Gasteiger charge is -2.42.